The molecule has 1 saturated heterocycles. The molecule has 2 aromatic rings. The van der Waals surface area contributed by atoms with Crippen LogP contribution in [0.25, 0.3) is 0 Å². The number of hydrogen-bond acceptors (Lipinski definition) is 5. The topological polar surface area (TPSA) is 74.0 Å². The Hall–Kier alpha value is -1.62. The highest BCUT2D eigenvalue weighted by Crippen LogP contribution is 2.24. The van der Waals surface area contributed by atoms with Crippen LogP contribution in [0.4, 0.5) is 0 Å². The number of amides is 1. The first-order chi connectivity index (χ1) is 13.0. The van der Waals surface area contributed by atoms with Crippen LogP contribution >= 0.6 is 35.3 Å². The van der Waals surface area contributed by atoms with Crippen molar-refractivity contribution in [1.29, 1.82) is 0 Å². The number of nitrogens with zero attached hydrogens (tertiary/aromatic N) is 4. The molecule has 3 rings (SSSR count). The van der Waals surface area contributed by atoms with Crippen molar-refractivity contribution in [2.24, 2.45) is 4.99 Å². The lowest BCUT2D eigenvalue weighted by atomic mass is 10.1. The maximum Gasteiger partial charge on any atom is 0.289 e. The maximum absolute atomic E-state index is 12.4. The third-order valence-electron chi connectivity index (χ3n) is 4.63. The van der Waals surface area contributed by atoms with Gasteiger partial charge in [0.1, 0.15) is 5.01 Å². The van der Waals surface area contributed by atoms with Crippen LogP contribution in [0.15, 0.2) is 27.8 Å². The Bertz CT molecular complexity index is 795. The van der Waals surface area contributed by atoms with Crippen LogP contribution in [0.3, 0.4) is 0 Å². The van der Waals surface area contributed by atoms with E-state index in [-0.39, 0.29) is 29.9 Å². The van der Waals surface area contributed by atoms with Gasteiger partial charge in [-0.2, -0.15) is 0 Å². The minimum atomic E-state index is -0.0536. The highest BCUT2D eigenvalue weighted by atomic mass is 127. The highest BCUT2D eigenvalue weighted by Gasteiger charge is 2.25. The van der Waals surface area contributed by atoms with Crippen LogP contribution in [0.2, 0.25) is 0 Å². The first kappa shape index (κ1) is 22.7. The number of halogens is 1. The molecule has 28 heavy (non-hydrogen) atoms. The fourth-order valence-corrected chi connectivity index (χ4v) is 4.27. The molecule has 2 aromatic heterocycles. The summed E-state index contributed by atoms with van der Waals surface area (Å²) in [7, 11) is 1.79. The van der Waals surface area contributed by atoms with Crippen molar-refractivity contribution < 1.29 is 9.21 Å². The Morgan fingerprint density at radius 1 is 1.32 bits per heavy atom. The highest BCUT2D eigenvalue weighted by molar-refractivity contribution is 14.0. The molecule has 1 fully saturated rings. The molecule has 1 aliphatic rings. The Labute approximate surface area is 187 Å². The molecule has 154 valence electrons. The summed E-state index contributed by atoms with van der Waals surface area (Å²) in [6.07, 6.45) is 1.53. The lowest BCUT2D eigenvalue weighted by Crippen LogP contribution is -2.53. The average molecular weight is 517 g/mol. The molecule has 0 radical (unpaired) electrons. The zero-order valence-corrected chi connectivity index (χ0v) is 19.9. The van der Waals surface area contributed by atoms with Crippen LogP contribution in [-0.2, 0) is 6.54 Å². The lowest BCUT2D eigenvalue weighted by molar-refractivity contribution is 0.0657. The van der Waals surface area contributed by atoms with E-state index in [0.29, 0.717) is 31.3 Å². The molecule has 7 nitrogen and oxygen atoms in total. The molecule has 0 saturated carbocycles. The van der Waals surface area contributed by atoms with Crippen molar-refractivity contribution in [2.75, 3.05) is 33.2 Å². The number of nitrogens with one attached hydrogen (secondary N) is 1. The predicted molar refractivity (Wildman–Crippen MR) is 123 cm³/mol. The fraction of sp³-hybridized carbons (Fsp3) is 0.526. The van der Waals surface area contributed by atoms with Crippen molar-refractivity contribution in [3.63, 3.8) is 0 Å². The summed E-state index contributed by atoms with van der Waals surface area (Å²) in [5, 5.41) is 4.48. The number of aryl methyl sites for hydroxylation is 1. The van der Waals surface area contributed by atoms with Crippen LogP contribution in [0.5, 0.6) is 0 Å². The number of piperazine rings is 1. The molecule has 1 aliphatic heterocycles. The second-order valence-corrected chi connectivity index (χ2v) is 8.15. The summed E-state index contributed by atoms with van der Waals surface area (Å²) in [6.45, 7) is 9.89. The number of furan rings is 1. The van der Waals surface area contributed by atoms with Gasteiger partial charge in [0.25, 0.3) is 5.91 Å². The Kier molecular flexibility index (Phi) is 8.29. The fourth-order valence-electron chi connectivity index (χ4n) is 3.24. The largest absolute Gasteiger partial charge is 0.459 e. The summed E-state index contributed by atoms with van der Waals surface area (Å²) >= 11 is 1.73. The van der Waals surface area contributed by atoms with Gasteiger partial charge in [-0.25, -0.2) is 4.98 Å². The monoisotopic (exact) mass is 517 g/mol. The zero-order valence-electron chi connectivity index (χ0n) is 16.8. The van der Waals surface area contributed by atoms with Crippen molar-refractivity contribution in [2.45, 2.75) is 33.2 Å². The zero-order chi connectivity index (χ0) is 19.4. The number of carbonyl (C=O) groups excluding carboxylic acids is 1. The van der Waals surface area contributed by atoms with Gasteiger partial charge in [0.05, 0.1) is 18.5 Å². The second kappa shape index (κ2) is 10.2. The minimum Gasteiger partial charge on any atom is -0.459 e. The summed E-state index contributed by atoms with van der Waals surface area (Å²) in [5.41, 5.74) is 1.18. The van der Waals surface area contributed by atoms with Gasteiger partial charge in [-0.05, 0) is 25.0 Å². The number of hydrogen-bond donors (Lipinski definition) is 1. The van der Waals surface area contributed by atoms with E-state index in [0.717, 1.165) is 24.1 Å². The Balaban J connectivity index is 0.00000280. The van der Waals surface area contributed by atoms with Crippen LogP contribution in [0, 0.1) is 6.92 Å². The van der Waals surface area contributed by atoms with Gasteiger partial charge < -0.3 is 19.5 Å². The predicted octanol–water partition coefficient (Wildman–Crippen LogP) is 3.32. The first-order valence-corrected chi connectivity index (χ1v) is 10.1. The molecule has 0 bridgehead atoms. The van der Waals surface area contributed by atoms with Crippen LogP contribution in [-0.4, -0.2) is 59.9 Å². The van der Waals surface area contributed by atoms with E-state index in [1.54, 1.807) is 30.5 Å². The molecule has 3 heterocycles. The molecule has 0 spiro atoms. The molecule has 0 atom stereocenters. The number of guanidine groups is 1. The number of rotatable bonds is 4. The van der Waals surface area contributed by atoms with Crippen LogP contribution < -0.4 is 5.32 Å². The standard InChI is InChI=1S/C19H27N5O2S.HI/c1-13(2)17-14(3)27-16(22-17)12-21-19(20-4)24-9-7-23(8-10-24)18(25)15-6-5-11-26-15;/h5-6,11,13H,7-10,12H2,1-4H3,(H,20,21);1H. The number of carbonyl (C=O) groups is 1. The number of aliphatic imine (C=N–C) groups is 1. The molecule has 0 aromatic carbocycles. The summed E-state index contributed by atoms with van der Waals surface area (Å²) in [6, 6.07) is 3.44. The maximum atomic E-state index is 12.4. The molecule has 1 N–H and O–H groups in total. The Morgan fingerprint density at radius 2 is 2.00 bits per heavy atom. The van der Waals surface area contributed by atoms with Gasteiger partial charge in [-0.1, -0.05) is 13.8 Å². The third-order valence-corrected chi connectivity index (χ3v) is 5.62. The number of aromatic nitrogens is 1. The van der Waals surface area contributed by atoms with Gasteiger partial charge >= 0.3 is 0 Å². The Morgan fingerprint density at radius 3 is 2.54 bits per heavy atom. The van der Waals surface area contributed by atoms with Crippen LogP contribution in [0.1, 0.15) is 45.9 Å². The minimum absolute atomic E-state index is 0. The van der Waals surface area contributed by atoms with E-state index in [1.807, 2.05) is 4.90 Å². The SMILES string of the molecule is CN=C(NCc1nc(C(C)C)c(C)s1)N1CCN(C(=O)c2ccco2)CC1.I. The van der Waals surface area contributed by atoms with Gasteiger partial charge in [0, 0.05) is 38.1 Å². The van der Waals surface area contributed by atoms with E-state index >= 15 is 0 Å². The second-order valence-electron chi connectivity index (χ2n) is 6.86. The van der Waals surface area contributed by atoms with Crippen molar-refractivity contribution in [3.05, 3.63) is 39.7 Å². The van der Waals surface area contributed by atoms with E-state index in [2.05, 4.69) is 36.0 Å². The summed E-state index contributed by atoms with van der Waals surface area (Å²) in [5.74, 6) is 1.63. The van der Waals surface area contributed by atoms with Crippen molar-refractivity contribution in [1.82, 2.24) is 20.1 Å². The van der Waals surface area contributed by atoms with E-state index in [9.17, 15) is 4.79 Å². The lowest BCUT2D eigenvalue weighted by Gasteiger charge is -2.36. The average Bonchev–Trinajstić information content (AvgIpc) is 3.32. The van der Waals surface area contributed by atoms with E-state index < -0.39 is 0 Å². The third kappa shape index (κ3) is 5.25. The molecule has 1 amide bonds. The molecular weight excluding hydrogens is 489 g/mol. The summed E-state index contributed by atoms with van der Waals surface area (Å²) < 4.78 is 5.21. The van der Waals surface area contributed by atoms with Crippen molar-refractivity contribution >= 4 is 47.2 Å². The van der Waals surface area contributed by atoms with E-state index in [4.69, 9.17) is 9.40 Å². The quantitative estimate of drug-likeness (QED) is 0.383. The van der Waals surface area contributed by atoms with Gasteiger partial charge in [0.2, 0.25) is 0 Å². The number of thiazole rings is 1. The van der Waals surface area contributed by atoms with Gasteiger partial charge in [-0.15, -0.1) is 35.3 Å². The molecule has 9 heteroatoms. The van der Waals surface area contributed by atoms with E-state index in [1.165, 1.54) is 16.8 Å². The first-order valence-electron chi connectivity index (χ1n) is 9.24. The molecular formula is C19H28IN5O2S. The van der Waals surface area contributed by atoms with Gasteiger partial charge in [-0.3, -0.25) is 9.79 Å². The molecule has 0 unspecified atom stereocenters. The van der Waals surface area contributed by atoms with Crippen molar-refractivity contribution in [3.8, 4) is 0 Å². The molecule has 0 aliphatic carbocycles. The normalized spacial score (nSPS) is 15.0. The smallest absolute Gasteiger partial charge is 0.289 e. The van der Waals surface area contributed by atoms with Gasteiger partial charge in [0.15, 0.2) is 11.7 Å². The summed E-state index contributed by atoms with van der Waals surface area (Å²) in [4.78, 5) is 26.8.